The van der Waals surface area contributed by atoms with Crippen LogP contribution in [0.2, 0.25) is 0 Å². The molecule has 2 fully saturated rings. The second-order valence-corrected chi connectivity index (χ2v) is 15.7. The molecule has 2 aromatic rings. The third-order valence-electron chi connectivity index (χ3n) is 11.2. The van der Waals surface area contributed by atoms with Crippen molar-refractivity contribution in [2.45, 2.75) is 135 Å². The molecule has 2 aliphatic rings. The number of hydrogen-bond donors (Lipinski definition) is 8. The number of phenols is 1. The van der Waals surface area contributed by atoms with E-state index in [1.807, 2.05) is 6.92 Å². The van der Waals surface area contributed by atoms with Crippen molar-refractivity contribution in [3.8, 4) is 5.75 Å². The lowest BCUT2D eigenvalue weighted by atomic mass is 9.85. The molecule has 7 atom stereocenters. The summed E-state index contributed by atoms with van der Waals surface area (Å²) in [6, 6.07) is -0.144. The minimum atomic E-state index is -1.17. The minimum Gasteiger partial charge on any atom is -0.508 e. The maximum Gasteiger partial charge on any atom is 0.326 e. The van der Waals surface area contributed by atoms with E-state index in [-0.39, 0.29) is 37.0 Å². The summed E-state index contributed by atoms with van der Waals surface area (Å²) in [5, 5.41) is 30.8. The number of carboxylic acids is 1. The van der Waals surface area contributed by atoms with Gasteiger partial charge in [0.2, 0.25) is 29.5 Å². The van der Waals surface area contributed by atoms with Gasteiger partial charge >= 0.3 is 5.97 Å². The minimum absolute atomic E-state index is 0.00262. The number of amides is 5. The Morgan fingerprint density at radius 1 is 0.857 bits per heavy atom. The number of H-pyrrole nitrogens is 1. The van der Waals surface area contributed by atoms with E-state index in [9.17, 15) is 39.0 Å². The standard InChI is InChI=1S/C40H60N8O8/c1-5-24(4)34(47-35(50)29(44-37(52)33(41)23(2)3)18-26-13-15-28(49)16-14-26)38(53)45-30(20-27-21-42-22-43-27)39(54)48-17-9-12-32(48)36(51)46-31(40(55)56)19-25-10-7-6-8-11-25/h13-16,21-25,29-34,49H,5-12,17-20,41H2,1-4H3,(H,42,43)(H,44,52)(H,45,53)(H,46,51)(H,47,50)(H,55,56)/t24-,29-,30-,31-,32-,33-,34-/m0/s1. The molecule has 56 heavy (non-hydrogen) atoms. The summed E-state index contributed by atoms with van der Waals surface area (Å²) in [5.41, 5.74) is 7.29. The van der Waals surface area contributed by atoms with Crippen LogP contribution < -0.4 is 27.0 Å². The molecule has 308 valence electrons. The molecule has 4 rings (SSSR count). The zero-order chi connectivity index (χ0) is 40.9. The molecule has 2 heterocycles. The van der Waals surface area contributed by atoms with E-state index < -0.39 is 77.7 Å². The summed E-state index contributed by atoms with van der Waals surface area (Å²) in [6.07, 6.45) is 9.67. The number of phenolic OH excluding ortho intramolecular Hbond substituents is 1. The first kappa shape index (κ1) is 43.7. The van der Waals surface area contributed by atoms with Gasteiger partial charge in [0, 0.05) is 31.3 Å². The lowest BCUT2D eigenvalue weighted by molar-refractivity contribution is -0.145. The summed E-state index contributed by atoms with van der Waals surface area (Å²) < 4.78 is 0. The van der Waals surface area contributed by atoms with Gasteiger partial charge in [0.15, 0.2) is 0 Å². The van der Waals surface area contributed by atoms with E-state index in [0.29, 0.717) is 36.9 Å². The fourth-order valence-electron chi connectivity index (χ4n) is 7.43. The first-order valence-electron chi connectivity index (χ1n) is 19.9. The third kappa shape index (κ3) is 12.3. The molecule has 0 spiro atoms. The highest BCUT2D eigenvalue weighted by molar-refractivity contribution is 5.97. The number of nitrogens with two attached hydrogens (primary N) is 1. The first-order chi connectivity index (χ1) is 26.7. The molecule has 1 aromatic heterocycles. The van der Waals surface area contributed by atoms with Gasteiger partial charge < -0.3 is 47.1 Å². The number of carboxylic acid groups (broad SMARTS) is 1. The molecule has 1 saturated carbocycles. The summed E-state index contributed by atoms with van der Waals surface area (Å²) in [6.45, 7) is 7.44. The zero-order valence-electron chi connectivity index (χ0n) is 33.0. The Morgan fingerprint density at radius 3 is 2.14 bits per heavy atom. The number of rotatable bonds is 19. The number of aromatic nitrogens is 2. The number of aliphatic carboxylic acids is 1. The number of hydrogen-bond acceptors (Lipinski definition) is 9. The smallest absolute Gasteiger partial charge is 0.326 e. The normalized spacial score (nSPS) is 19.2. The predicted molar refractivity (Wildman–Crippen MR) is 208 cm³/mol. The highest BCUT2D eigenvalue weighted by atomic mass is 16.4. The Kier molecular flexibility index (Phi) is 16.2. The first-order valence-corrected chi connectivity index (χ1v) is 19.9. The average Bonchev–Trinajstić information content (AvgIpc) is 3.89. The largest absolute Gasteiger partial charge is 0.508 e. The van der Waals surface area contributed by atoms with E-state index >= 15 is 0 Å². The van der Waals surface area contributed by atoms with Crippen molar-refractivity contribution in [1.82, 2.24) is 36.1 Å². The van der Waals surface area contributed by atoms with Gasteiger partial charge in [-0.2, -0.15) is 0 Å². The van der Waals surface area contributed by atoms with Crippen molar-refractivity contribution >= 4 is 35.5 Å². The predicted octanol–water partition coefficient (Wildman–Crippen LogP) is 1.92. The SMILES string of the molecule is CC[C@H](C)[C@H](NC(=O)[C@H](Cc1ccc(O)cc1)NC(=O)[C@@H](N)C(C)C)C(=O)N[C@@H](Cc1cnc[nH]1)C(=O)N1CCC[C@H]1C(=O)N[C@@H](CC1CCCCC1)C(=O)O. The van der Waals surface area contributed by atoms with Crippen molar-refractivity contribution in [2.75, 3.05) is 6.54 Å². The van der Waals surface area contributed by atoms with Crippen LogP contribution in [0.5, 0.6) is 5.75 Å². The fourth-order valence-corrected chi connectivity index (χ4v) is 7.43. The number of aromatic hydroxyl groups is 1. The monoisotopic (exact) mass is 780 g/mol. The molecule has 1 aromatic carbocycles. The van der Waals surface area contributed by atoms with Crippen molar-refractivity contribution in [2.24, 2.45) is 23.5 Å². The summed E-state index contributed by atoms with van der Waals surface area (Å²) in [7, 11) is 0. The molecule has 16 nitrogen and oxygen atoms in total. The van der Waals surface area contributed by atoms with Crippen LogP contribution in [-0.4, -0.2) is 103 Å². The van der Waals surface area contributed by atoms with E-state index in [1.54, 1.807) is 32.9 Å². The van der Waals surface area contributed by atoms with Crippen LogP contribution in [0, 0.1) is 17.8 Å². The van der Waals surface area contributed by atoms with Gasteiger partial charge in [-0.1, -0.05) is 78.4 Å². The topological polar surface area (TPSA) is 249 Å². The van der Waals surface area contributed by atoms with Gasteiger partial charge in [-0.15, -0.1) is 0 Å². The van der Waals surface area contributed by atoms with Crippen LogP contribution in [0.4, 0.5) is 0 Å². The highest BCUT2D eigenvalue weighted by Crippen LogP contribution is 2.28. The third-order valence-corrected chi connectivity index (χ3v) is 11.2. The van der Waals surface area contributed by atoms with Gasteiger partial charge in [-0.3, -0.25) is 24.0 Å². The quantitative estimate of drug-likeness (QED) is 0.103. The second-order valence-electron chi connectivity index (χ2n) is 15.7. The maximum absolute atomic E-state index is 14.3. The number of nitrogens with zero attached hydrogens (tertiary/aromatic N) is 2. The van der Waals surface area contributed by atoms with Crippen LogP contribution in [0.15, 0.2) is 36.8 Å². The van der Waals surface area contributed by atoms with Gasteiger partial charge in [0.05, 0.1) is 12.4 Å². The maximum atomic E-state index is 14.3. The lowest BCUT2D eigenvalue weighted by Gasteiger charge is -2.32. The number of carbonyl (C=O) groups is 6. The number of benzene rings is 1. The average molecular weight is 781 g/mol. The van der Waals surface area contributed by atoms with Crippen LogP contribution >= 0.6 is 0 Å². The van der Waals surface area contributed by atoms with Crippen LogP contribution in [0.25, 0.3) is 0 Å². The lowest BCUT2D eigenvalue weighted by Crippen LogP contribution is -2.61. The van der Waals surface area contributed by atoms with Gasteiger partial charge in [-0.05, 0) is 54.7 Å². The molecule has 0 unspecified atom stereocenters. The number of nitrogens with one attached hydrogen (secondary N) is 5. The number of imidazole rings is 1. The van der Waals surface area contributed by atoms with E-state index in [1.165, 1.54) is 29.6 Å². The van der Waals surface area contributed by atoms with Crippen molar-refractivity contribution in [3.63, 3.8) is 0 Å². The van der Waals surface area contributed by atoms with E-state index in [0.717, 1.165) is 32.1 Å². The van der Waals surface area contributed by atoms with Gasteiger partial charge in [0.1, 0.15) is 36.0 Å². The van der Waals surface area contributed by atoms with Crippen molar-refractivity contribution < 1.29 is 39.0 Å². The van der Waals surface area contributed by atoms with Crippen LogP contribution in [0.3, 0.4) is 0 Å². The fraction of sp³-hybridized carbons (Fsp3) is 0.625. The molecule has 1 aliphatic heterocycles. The molecule has 16 heteroatoms. The summed E-state index contributed by atoms with van der Waals surface area (Å²) in [5.74, 6) is -4.40. The zero-order valence-corrected chi connectivity index (χ0v) is 33.0. The van der Waals surface area contributed by atoms with E-state index in [4.69, 9.17) is 5.73 Å². The number of carbonyl (C=O) groups excluding carboxylic acids is 5. The Balaban J connectivity index is 1.53. The van der Waals surface area contributed by atoms with Crippen LogP contribution in [0.1, 0.15) is 96.7 Å². The van der Waals surface area contributed by atoms with Crippen molar-refractivity contribution in [1.29, 1.82) is 0 Å². The van der Waals surface area contributed by atoms with Crippen LogP contribution in [-0.2, 0) is 41.6 Å². The Labute approximate surface area is 328 Å². The molecule has 1 aliphatic carbocycles. The Bertz CT molecular complexity index is 1630. The summed E-state index contributed by atoms with van der Waals surface area (Å²) >= 11 is 0. The molecule has 0 bridgehead atoms. The Hall–Kier alpha value is -4.99. The molecule has 5 amide bonds. The van der Waals surface area contributed by atoms with Crippen molar-refractivity contribution in [3.05, 3.63) is 48.0 Å². The summed E-state index contributed by atoms with van der Waals surface area (Å²) in [4.78, 5) is 89.8. The molecular weight excluding hydrogens is 720 g/mol. The molecule has 0 radical (unpaired) electrons. The van der Waals surface area contributed by atoms with Gasteiger partial charge in [-0.25, -0.2) is 9.78 Å². The Morgan fingerprint density at radius 2 is 1.54 bits per heavy atom. The van der Waals surface area contributed by atoms with E-state index in [2.05, 4.69) is 31.2 Å². The molecule has 9 N–H and O–H groups in total. The van der Waals surface area contributed by atoms with Gasteiger partial charge in [0.25, 0.3) is 0 Å². The molecular formula is C40H60N8O8. The highest BCUT2D eigenvalue weighted by Gasteiger charge is 2.41. The number of aromatic amines is 1. The second kappa shape index (κ2) is 20.8. The number of likely N-dealkylation sites (tertiary alicyclic amines) is 1. The molecule has 1 saturated heterocycles.